The van der Waals surface area contributed by atoms with Crippen molar-refractivity contribution in [3.63, 3.8) is 0 Å². The molecule has 0 fully saturated rings. The van der Waals surface area contributed by atoms with Gasteiger partial charge in [0.15, 0.2) is 0 Å². The number of aromatic nitrogens is 1. The highest BCUT2D eigenvalue weighted by Gasteiger charge is 2.15. The highest BCUT2D eigenvalue weighted by atomic mass is 16.1. The predicted octanol–water partition coefficient (Wildman–Crippen LogP) is 3.26. The van der Waals surface area contributed by atoms with Gasteiger partial charge in [-0.3, -0.25) is 9.78 Å². The number of hydrogen-bond acceptors (Lipinski definition) is 2. The number of carbonyl (C=O) groups excluding carboxylic acids is 1. The Kier molecular flexibility index (Phi) is 6.13. The van der Waals surface area contributed by atoms with Crippen LogP contribution in [0.25, 0.3) is 0 Å². The molecule has 22 heavy (non-hydrogen) atoms. The third kappa shape index (κ3) is 5.32. The minimum Gasteiger partial charge on any atom is -0.356 e. The molecule has 0 unspecified atom stereocenters. The molecular formula is C19H24N2O. The molecule has 3 heteroatoms. The Morgan fingerprint density at radius 2 is 1.82 bits per heavy atom. The van der Waals surface area contributed by atoms with Crippen LogP contribution in [0.4, 0.5) is 0 Å². The van der Waals surface area contributed by atoms with Crippen molar-refractivity contribution in [2.24, 2.45) is 11.8 Å². The lowest BCUT2D eigenvalue weighted by atomic mass is 9.89. The van der Waals surface area contributed by atoms with Crippen LogP contribution in [0.2, 0.25) is 0 Å². The van der Waals surface area contributed by atoms with E-state index < -0.39 is 0 Å². The van der Waals surface area contributed by atoms with Crippen molar-refractivity contribution in [3.8, 4) is 0 Å². The molecule has 1 atom stereocenters. The zero-order valence-electron chi connectivity index (χ0n) is 13.3. The summed E-state index contributed by atoms with van der Waals surface area (Å²) in [6.45, 7) is 5.13. The third-order valence-corrected chi connectivity index (χ3v) is 3.93. The number of pyridine rings is 1. The van der Waals surface area contributed by atoms with Gasteiger partial charge < -0.3 is 5.32 Å². The standard InChI is InChI=1S/C19H24N2O/c1-15(2)18(11-16-7-4-3-5-8-16)14-21-19(22)12-17-9-6-10-20-13-17/h3-10,13,15,18H,11-12,14H2,1-2H3,(H,21,22)/t18-/m1/s1. The second-order valence-corrected chi connectivity index (χ2v) is 6.04. The summed E-state index contributed by atoms with van der Waals surface area (Å²) in [4.78, 5) is 16.1. The number of nitrogens with zero attached hydrogens (tertiary/aromatic N) is 1. The summed E-state index contributed by atoms with van der Waals surface area (Å²) >= 11 is 0. The van der Waals surface area contributed by atoms with Crippen LogP contribution >= 0.6 is 0 Å². The van der Waals surface area contributed by atoms with E-state index in [4.69, 9.17) is 0 Å². The van der Waals surface area contributed by atoms with Crippen molar-refractivity contribution in [2.45, 2.75) is 26.7 Å². The largest absolute Gasteiger partial charge is 0.356 e. The van der Waals surface area contributed by atoms with E-state index in [-0.39, 0.29) is 5.91 Å². The van der Waals surface area contributed by atoms with Crippen LogP contribution < -0.4 is 5.32 Å². The summed E-state index contributed by atoms with van der Waals surface area (Å²) < 4.78 is 0. The maximum atomic E-state index is 12.1. The first-order valence-electron chi connectivity index (χ1n) is 7.84. The van der Waals surface area contributed by atoms with Crippen molar-refractivity contribution < 1.29 is 4.79 Å². The highest BCUT2D eigenvalue weighted by Crippen LogP contribution is 2.16. The summed E-state index contributed by atoms with van der Waals surface area (Å²) in [5.41, 5.74) is 2.27. The SMILES string of the molecule is CC(C)[C@@H](CNC(=O)Cc1cccnc1)Cc1ccccc1. The highest BCUT2D eigenvalue weighted by molar-refractivity contribution is 5.78. The topological polar surface area (TPSA) is 42.0 Å². The van der Waals surface area contributed by atoms with E-state index in [0.29, 0.717) is 24.8 Å². The van der Waals surface area contributed by atoms with Crippen molar-refractivity contribution in [1.82, 2.24) is 10.3 Å². The van der Waals surface area contributed by atoms with Gasteiger partial charge in [-0.2, -0.15) is 0 Å². The van der Waals surface area contributed by atoms with E-state index >= 15 is 0 Å². The van der Waals surface area contributed by atoms with E-state index in [2.05, 4.69) is 48.4 Å². The minimum absolute atomic E-state index is 0.0618. The summed E-state index contributed by atoms with van der Waals surface area (Å²) in [6.07, 6.45) is 4.84. The second-order valence-electron chi connectivity index (χ2n) is 6.04. The molecule has 0 aliphatic rings. The number of nitrogens with one attached hydrogen (secondary N) is 1. The molecule has 0 radical (unpaired) electrons. The monoisotopic (exact) mass is 296 g/mol. The van der Waals surface area contributed by atoms with Crippen LogP contribution in [0.15, 0.2) is 54.9 Å². The number of benzene rings is 1. The molecule has 1 heterocycles. The van der Waals surface area contributed by atoms with Crippen molar-refractivity contribution in [2.75, 3.05) is 6.54 Å². The Morgan fingerprint density at radius 1 is 1.09 bits per heavy atom. The first-order chi connectivity index (χ1) is 10.6. The predicted molar refractivity (Wildman–Crippen MR) is 89.4 cm³/mol. The summed E-state index contributed by atoms with van der Waals surface area (Å²) in [5.74, 6) is 1.03. The average Bonchev–Trinajstić information content (AvgIpc) is 2.53. The molecule has 3 nitrogen and oxygen atoms in total. The van der Waals surface area contributed by atoms with Gasteiger partial charge in [0, 0.05) is 18.9 Å². The Labute approximate surface area is 132 Å². The molecule has 1 aromatic heterocycles. The van der Waals surface area contributed by atoms with Crippen LogP contribution in [-0.4, -0.2) is 17.4 Å². The molecule has 2 rings (SSSR count). The van der Waals surface area contributed by atoms with Crippen LogP contribution in [0.5, 0.6) is 0 Å². The molecule has 1 amide bonds. The minimum atomic E-state index is 0.0618. The zero-order valence-corrected chi connectivity index (χ0v) is 13.3. The molecule has 0 bridgehead atoms. The zero-order chi connectivity index (χ0) is 15.8. The van der Waals surface area contributed by atoms with E-state index in [1.165, 1.54) is 5.56 Å². The number of amides is 1. The summed E-state index contributed by atoms with van der Waals surface area (Å²) in [5, 5.41) is 3.07. The first-order valence-corrected chi connectivity index (χ1v) is 7.84. The van der Waals surface area contributed by atoms with Crippen molar-refractivity contribution in [1.29, 1.82) is 0 Å². The van der Waals surface area contributed by atoms with Crippen molar-refractivity contribution >= 4 is 5.91 Å². The van der Waals surface area contributed by atoms with Gasteiger partial charge in [-0.15, -0.1) is 0 Å². The van der Waals surface area contributed by atoms with Crippen LogP contribution in [-0.2, 0) is 17.6 Å². The summed E-state index contributed by atoms with van der Waals surface area (Å²) in [6, 6.07) is 14.2. The average molecular weight is 296 g/mol. The molecule has 1 aromatic carbocycles. The maximum absolute atomic E-state index is 12.1. The van der Waals surface area contributed by atoms with Crippen LogP contribution in [0.3, 0.4) is 0 Å². The smallest absolute Gasteiger partial charge is 0.224 e. The second kappa shape index (κ2) is 8.32. The van der Waals surface area contributed by atoms with Crippen molar-refractivity contribution in [3.05, 3.63) is 66.0 Å². The Morgan fingerprint density at radius 3 is 2.45 bits per heavy atom. The Hall–Kier alpha value is -2.16. The third-order valence-electron chi connectivity index (χ3n) is 3.93. The lowest BCUT2D eigenvalue weighted by Gasteiger charge is -2.21. The summed E-state index contributed by atoms with van der Waals surface area (Å²) in [7, 11) is 0. The fourth-order valence-corrected chi connectivity index (χ4v) is 2.46. The normalized spacial score (nSPS) is 12.1. The van der Waals surface area contributed by atoms with Crippen LogP contribution in [0.1, 0.15) is 25.0 Å². The maximum Gasteiger partial charge on any atom is 0.224 e. The van der Waals surface area contributed by atoms with Gasteiger partial charge >= 0.3 is 0 Å². The molecule has 2 aromatic rings. The molecule has 0 spiro atoms. The molecule has 0 saturated heterocycles. The fraction of sp³-hybridized carbons (Fsp3) is 0.368. The van der Waals surface area contributed by atoms with Gasteiger partial charge in [-0.25, -0.2) is 0 Å². The number of carbonyl (C=O) groups is 1. The quantitative estimate of drug-likeness (QED) is 0.852. The van der Waals surface area contributed by atoms with Gasteiger partial charge in [0.2, 0.25) is 5.91 Å². The molecule has 0 saturated carbocycles. The Bertz CT molecular complexity index is 567. The van der Waals surface area contributed by atoms with Gasteiger partial charge in [0.05, 0.1) is 6.42 Å². The number of rotatable bonds is 7. The molecular weight excluding hydrogens is 272 g/mol. The first kappa shape index (κ1) is 16.2. The molecule has 0 aliphatic carbocycles. The molecule has 0 aliphatic heterocycles. The van der Waals surface area contributed by atoms with Gasteiger partial charge in [-0.05, 0) is 35.4 Å². The van der Waals surface area contributed by atoms with E-state index in [1.807, 2.05) is 18.2 Å². The van der Waals surface area contributed by atoms with E-state index in [1.54, 1.807) is 12.4 Å². The van der Waals surface area contributed by atoms with Gasteiger partial charge in [-0.1, -0.05) is 50.2 Å². The molecule has 1 N–H and O–H groups in total. The van der Waals surface area contributed by atoms with E-state index in [0.717, 1.165) is 12.0 Å². The van der Waals surface area contributed by atoms with Gasteiger partial charge in [0.25, 0.3) is 0 Å². The van der Waals surface area contributed by atoms with Gasteiger partial charge in [0.1, 0.15) is 0 Å². The Balaban J connectivity index is 1.85. The van der Waals surface area contributed by atoms with E-state index in [9.17, 15) is 4.79 Å². The lowest BCUT2D eigenvalue weighted by molar-refractivity contribution is -0.120. The fourth-order valence-electron chi connectivity index (χ4n) is 2.46. The lowest BCUT2D eigenvalue weighted by Crippen LogP contribution is -2.33. The number of hydrogen-bond donors (Lipinski definition) is 1. The molecule has 116 valence electrons. The van der Waals surface area contributed by atoms with Crippen LogP contribution in [0, 0.1) is 11.8 Å².